The summed E-state index contributed by atoms with van der Waals surface area (Å²) in [4.78, 5) is 12.2. The highest BCUT2D eigenvalue weighted by Gasteiger charge is 2.11. The summed E-state index contributed by atoms with van der Waals surface area (Å²) < 4.78 is 5.04. The SMILES string of the molecule is COc1ccc(C(=O)c2cccc(Cl)c2)cc1Cl. The fourth-order valence-corrected chi connectivity index (χ4v) is 2.05. The summed E-state index contributed by atoms with van der Waals surface area (Å²) in [6, 6.07) is 11.7. The van der Waals surface area contributed by atoms with Crippen molar-refractivity contribution >= 4 is 29.0 Å². The molecule has 0 radical (unpaired) electrons. The molecule has 0 atom stereocenters. The van der Waals surface area contributed by atoms with E-state index >= 15 is 0 Å². The Morgan fingerprint density at radius 2 is 1.78 bits per heavy atom. The molecular weight excluding hydrogens is 271 g/mol. The first kappa shape index (κ1) is 12.9. The molecule has 0 saturated carbocycles. The Morgan fingerprint density at radius 1 is 1.06 bits per heavy atom. The molecule has 2 aromatic rings. The normalized spacial score (nSPS) is 10.2. The number of ether oxygens (including phenoxy) is 1. The number of ketones is 1. The lowest BCUT2D eigenvalue weighted by Gasteiger charge is -2.06. The van der Waals surface area contributed by atoms with Gasteiger partial charge in [0.1, 0.15) is 5.75 Å². The molecule has 0 saturated heterocycles. The number of hydrogen-bond acceptors (Lipinski definition) is 2. The van der Waals surface area contributed by atoms with Crippen molar-refractivity contribution in [2.24, 2.45) is 0 Å². The van der Waals surface area contributed by atoms with Gasteiger partial charge in [0, 0.05) is 16.1 Å². The highest BCUT2D eigenvalue weighted by molar-refractivity contribution is 6.33. The molecule has 0 unspecified atom stereocenters. The second-order valence-corrected chi connectivity index (χ2v) is 4.53. The van der Waals surface area contributed by atoms with Crippen molar-refractivity contribution in [1.82, 2.24) is 0 Å². The van der Waals surface area contributed by atoms with Crippen molar-refractivity contribution in [1.29, 1.82) is 0 Å². The van der Waals surface area contributed by atoms with Crippen LogP contribution >= 0.6 is 23.2 Å². The lowest BCUT2D eigenvalue weighted by molar-refractivity contribution is 0.103. The van der Waals surface area contributed by atoms with Crippen LogP contribution in [0.15, 0.2) is 42.5 Å². The average Bonchev–Trinajstić information content (AvgIpc) is 2.37. The van der Waals surface area contributed by atoms with Crippen LogP contribution in [0, 0.1) is 0 Å². The van der Waals surface area contributed by atoms with Gasteiger partial charge in [0.05, 0.1) is 12.1 Å². The van der Waals surface area contributed by atoms with E-state index in [0.29, 0.717) is 26.9 Å². The Morgan fingerprint density at radius 3 is 2.39 bits per heavy atom. The highest BCUT2D eigenvalue weighted by Crippen LogP contribution is 2.26. The molecule has 2 rings (SSSR count). The Bertz CT molecular complexity index is 594. The second-order valence-electron chi connectivity index (χ2n) is 3.69. The number of halogens is 2. The summed E-state index contributed by atoms with van der Waals surface area (Å²) in [6.45, 7) is 0. The van der Waals surface area contributed by atoms with E-state index in [1.165, 1.54) is 7.11 Å². The van der Waals surface area contributed by atoms with Crippen molar-refractivity contribution in [3.8, 4) is 5.75 Å². The Labute approximate surface area is 115 Å². The average molecular weight is 281 g/mol. The highest BCUT2D eigenvalue weighted by atomic mass is 35.5. The van der Waals surface area contributed by atoms with Crippen LogP contribution in [0.4, 0.5) is 0 Å². The van der Waals surface area contributed by atoms with Crippen LogP contribution in [-0.2, 0) is 0 Å². The molecule has 0 amide bonds. The molecule has 4 heteroatoms. The molecule has 18 heavy (non-hydrogen) atoms. The largest absolute Gasteiger partial charge is 0.495 e. The monoisotopic (exact) mass is 280 g/mol. The topological polar surface area (TPSA) is 26.3 Å². The van der Waals surface area contributed by atoms with Gasteiger partial charge in [0.15, 0.2) is 5.78 Å². The number of benzene rings is 2. The van der Waals surface area contributed by atoms with Gasteiger partial charge >= 0.3 is 0 Å². The maximum Gasteiger partial charge on any atom is 0.193 e. The smallest absolute Gasteiger partial charge is 0.193 e. The Kier molecular flexibility index (Phi) is 3.90. The van der Waals surface area contributed by atoms with Gasteiger partial charge < -0.3 is 4.74 Å². The van der Waals surface area contributed by atoms with Crippen molar-refractivity contribution in [2.75, 3.05) is 7.11 Å². The quantitative estimate of drug-likeness (QED) is 0.787. The molecule has 0 aliphatic rings. The second kappa shape index (κ2) is 5.42. The number of methoxy groups -OCH3 is 1. The van der Waals surface area contributed by atoms with Gasteiger partial charge in [-0.1, -0.05) is 35.3 Å². The van der Waals surface area contributed by atoms with Crippen molar-refractivity contribution < 1.29 is 9.53 Å². The van der Waals surface area contributed by atoms with E-state index in [-0.39, 0.29) is 5.78 Å². The fourth-order valence-electron chi connectivity index (χ4n) is 1.60. The third-order valence-electron chi connectivity index (χ3n) is 2.50. The standard InChI is InChI=1S/C14H10Cl2O2/c1-18-13-6-5-10(8-12(13)16)14(17)9-3-2-4-11(15)7-9/h2-8H,1H3. The van der Waals surface area contributed by atoms with Crippen LogP contribution in [0.2, 0.25) is 10.0 Å². The van der Waals surface area contributed by atoms with Crippen molar-refractivity contribution in [3.63, 3.8) is 0 Å². The minimum atomic E-state index is -0.123. The number of carbonyl (C=O) groups is 1. The minimum absolute atomic E-state index is 0.123. The van der Waals surface area contributed by atoms with Gasteiger partial charge in [-0.2, -0.15) is 0 Å². The summed E-state index contributed by atoms with van der Waals surface area (Å²) in [6.07, 6.45) is 0. The van der Waals surface area contributed by atoms with Gasteiger partial charge in [0.25, 0.3) is 0 Å². The molecule has 2 nitrogen and oxygen atoms in total. The van der Waals surface area contributed by atoms with Crippen LogP contribution < -0.4 is 4.74 Å². The van der Waals surface area contributed by atoms with E-state index in [0.717, 1.165) is 0 Å². The lowest BCUT2D eigenvalue weighted by atomic mass is 10.0. The van der Waals surface area contributed by atoms with Crippen LogP contribution in [0.5, 0.6) is 5.75 Å². The predicted octanol–water partition coefficient (Wildman–Crippen LogP) is 4.23. The zero-order chi connectivity index (χ0) is 13.1. The van der Waals surface area contributed by atoms with Gasteiger partial charge in [-0.25, -0.2) is 0 Å². The summed E-state index contributed by atoms with van der Waals surface area (Å²) in [7, 11) is 1.53. The van der Waals surface area contributed by atoms with Crippen molar-refractivity contribution in [2.45, 2.75) is 0 Å². The maximum absolute atomic E-state index is 12.2. The molecule has 0 aromatic heterocycles. The lowest BCUT2D eigenvalue weighted by Crippen LogP contribution is -2.01. The minimum Gasteiger partial charge on any atom is -0.495 e. The first-order chi connectivity index (χ1) is 8.61. The van der Waals surface area contributed by atoms with E-state index < -0.39 is 0 Å². The van der Waals surface area contributed by atoms with Crippen LogP contribution in [0.1, 0.15) is 15.9 Å². The van der Waals surface area contributed by atoms with Crippen LogP contribution in [-0.4, -0.2) is 12.9 Å². The van der Waals surface area contributed by atoms with E-state index in [2.05, 4.69) is 0 Å². The number of hydrogen-bond donors (Lipinski definition) is 0. The fraction of sp³-hybridized carbons (Fsp3) is 0.0714. The van der Waals surface area contributed by atoms with E-state index in [9.17, 15) is 4.79 Å². The summed E-state index contributed by atoms with van der Waals surface area (Å²) in [5, 5.41) is 0.936. The van der Waals surface area contributed by atoms with Crippen molar-refractivity contribution in [3.05, 3.63) is 63.6 Å². The summed E-state index contributed by atoms with van der Waals surface area (Å²) >= 11 is 11.8. The molecule has 0 spiro atoms. The van der Waals surface area contributed by atoms with Gasteiger partial charge in [0.2, 0.25) is 0 Å². The van der Waals surface area contributed by atoms with Gasteiger partial charge in [-0.15, -0.1) is 0 Å². The van der Waals surface area contributed by atoms with Gasteiger partial charge in [-0.3, -0.25) is 4.79 Å². The zero-order valence-corrected chi connectivity index (χ0v) is 11.1. The Hall–Kier alpha value is -1.51. The van der Waals surface area contributed by atoms with E-state index in [4.69, 9.17) is 27.9 Å². The molecule has 0 N–H and O–H groups in total. The molecule has 0 heterocycles. The summed E-state index contributed by atoms with van der Waals surface area (Å²) in [5.41, 5.74) is 1.03. The predicted molar refractivity (Wildman–Crippen MR) is 72.9 cm³/mol. The zero-order valence-electron chi connectivity index (χ0n) is 9.61. The van der Waals surface area contributed by atoms with Crippen LogP contribution in [0.3, 0.4) is 0 Å². The van der Waals surface area contributed by atoms with Gasteiger partial charge in [-0.05, 0) is 30.3 Å². The van der Waals surface area contributed by atoms with E-state index in [1.54, 1.807) is 42.5 Å². The molecule has 0 aliphatic heterocycles. The summed E-state index contributed by atoms with van der Waals surface area (Å²) in [5.74, 6) is 0.418. The molecule has 0 fully saturated rings. The third-order valence-corrected chi connectivity index (χ3v) is 3.03. The van der Waals surface area contributed by atoms with E-state index in [1.807, 2.05) is 0 Å². The Balaban J connectivity index is 2.37. The maximum atomic E-state index is 12.2. The molecule has 2 aromatic carbocycles. The molecule has 0 bridgehead atoms. The number of rotatable bonds is 3. The first-order valence-electron chi connectivity index (χ1n) is 5.25. The molecule has 0 aliphatic carbocycles. The number of carbonyl (C=O) groups excluding carboxylic acids is 1. The molecular formula is C14H10Cl2O2. The van der Waals surface area contributed by atoms with Crippen LogP contribution in [0.25, 0.3) is 0 Å². The molecule has 92 valence electrons. The first-order valence-corrected chi connectivity index (χ1v) is 6.01. The third kappa shape index (κ3) is 2.66.